The minimum Gasteiger partial charge on any atom is -0.351 e. The molecule has 36 heavy (non-hydrogen) atoms. The van der Waals surface area contributed by atoms with Crippen molar-refractivity contribution in [2.24, 2.45) is 0 Å². The lowest BCUT2D eigenvalue weighted by molar-refractivity contribution is -0.137. The number of sulfonamides is 1. The van der Waals surface area contributed by atoms with E-state index in [0.29, 0.717) is 24.0 Å². The van der Waals surface area contributed by atoms with Gasteiger partial charge < -0.3 is 10.2 Å². The largest absolute Gasteiger partial charge is 0.418 e. The second-order valence-electron chi connectivity index (χ2n) is 8.98. The first kappa shape index (κ1) is 24.4. The number of benzene rings is 1. The van der Waals surface area contributed by atoms with Crippen LogP contribution >= 0.6 is 0 Å². The van der Waals surface area contributed by atoms with E-state index in [0.717, 1.165) is 43.7 Å². The number of rotatable bonds is 5. The van der Waals surface area contributed by atoms with Crippen LogP contribution in [-0.4, -0.2) is 43.6 Å². The minimum atomic E-state index is -4.78. The molecule has 0 aliphatic carbocycles. The number of hydrogen-bond acceptors (Lipinski definition) is 6. The second kappa shape index (κ2) is 9.00. The van der Waals surface area contributed by atoms with Gasteiger partial charge in [-0.25, -0.2) is 14.4 Å². The first-order valence-corrected chi connectivity index (χ1v) is 12.8. The van der Waals surface area contributed by atoms with E-state index < -0.39 is 33.3 Å². The number of pyridine rings is 2. The van der Waals surface area contributed by atoms with Gasteiger partial charge >= 0.3 is 6.18 Å². The van der Waals surface area contributed by atoms with E-state index in [1.807, 2.05) is 0 Å². The first-order chi connectivity index (χ1) is 17.0. The number of aromatic nitrogens is 2. The number of aryl methyl sites for hydroxylation is 1. The highest BCUT2D eigenvalue weighted by molar-refractivity contribution is 7.92. The van der Waals surface area contributed by atoms with Crippen molar-refractivity contribution in [2.75, 3.05) is 22.7 Å². The van der Waals surface area contributed by atoms with Crippen molar-refractivity contribution >= 4 is 21.7 Å². The van der Waals surface area contributed by atoms with E-state index >= 15 is 0 Å². The van der Waals surface area contributed by atoms with Crippen molar-refractivity contribution in [1.82, 2.24) is 15.3 Å². The van der Waals surface area contributed by atoms with Gasteiger partial charge in [0.25, 0.3) is 10.0 Å². The van der Waals surface area contributed by atoms with E-state index in [1.54, 1.807) is 12.1 Å². The van der Waals surface area contributed by atoms with Crippen molar-refractivity contribution in [1.29, 1.82) is 0 Å². The Balaban J connectivity index is 1.49. The fourth-order valence-electron chi connectivity index (χ4n) is 4.69. The Morgan fingerprint density at radius 3 is 2.56 bits per heavy atom. The number of alkyl halides is 3. The quantitative estimate of drug-likeness (QED) is 0.486. The Bertz CT molecular complexity index is 1410. The van der Waals surface area contributed by atoms with Gasteiger partial charge in [0, 0.05) is 30.7 Å². The molecule has 7 nitrogen and oxygen atoms in total. The number of hydrogen-bond donors (Lipinski definition) is 2. The molecule has 3 fully saturated rings. The normalized spacial score (nSPS) is 20.0. The van der Waals surface area contributed by atoms with Gasteiger partial charge in [0.2, 0.25) is 0 Å². The Kier molecular flexibility index (Phi) is 6.11. The summed E-state index contributed by atoms with van der Waals surface area (Å²) in [4.78, 5) is 10.4. The number of anilines is 2. The molecule has 0 amide bonds. The maximum atomic E-state index is 13.9. The summed E-state index contributed by atoms with van der Waals surface area (Å²) in [6.45, 7) is 3.02. The van der Waals surface area contributed by atoms with Crippen molar-refractivity contribution < 1.29 is 26.0 Å². The van der Waals surface area contributed by atoms with Crippen LogP contribution in [0.4, 0.5) is 29.2 Å². The summed E-state index contributed by atoms with van der Waals surface area (Å²) in [6.07, 6.45) is -2.75. The molecular weight excluding hydrogens is 498 g/mol. The number of nitrogens with zero attached hydrogens (tertiary/aromatic N) is 3. The summed E-state index contributed by atoms with van der Waals surface area (Å²) in [6, 6.07) is 10.2. The number of halogens is 4. The van der Waals surface area contributed by atoms with E-state index in [2.05, 4.69) is 24.9 Å². The van der Waals surface area contributed by atoms with E-state index in [9.17, 15) is 26.0 Å². The fraction of sp³-hybridized carbons (Fsp3) is 0.333. The molecule has 3 saturated heterocycles. The lowest BCUT2D eigenvalue weighted by Gasteiger charge is -2.46. The monoisotopic (exact) mass is 521 g/mol. The lowest BCUT2D eigenvalue weighted by atomic mass is 9.93. The molecule has 5 heterocycles. The average Bonchev–Trinajstić information content (AvgIpc) is 2.85. The molecule has 190 valence electrons. The Hall–Kier alpha value is -3.25. The van der Waals surface area contributed by atoms with Crippen LogP contribution in [0.2, 0.25) is 0 Å². The maximum absolute atomic E-state index is 13.9. The third-order valence-electron chi connectivity index (χ3n) is 6.52. The number of nitrogens with one attached hydrogen (secondary N) is 2. The van der Waals surface area contributed by atoms with Crippen LogP contribution in [0, 0.1) is 12.7 Å². The summed E-state index contributed by atoms with van der Waals surface area (Å²) in [5.41, 5.74) is -1.40. The summed E-state index contributed by atoms with van der Waals surface area (Å²) in [5.74, 6) is -0.556. The van der Waals surface area contributed by atoms with Gasteiger partial charge in [0.1, 0.15) is 17.5 Å². The molecule has 0 radical (unpaired) electrons. The van der Waals surface area contributed by atoms with E-state index in [4.69, 9.17) is 0 Å². The Morgan fingerprint density at radius 2 is 1.89 bits per heavy atom. The van der Waals surface area contributed by atoms with Gasteiger partial charge in [-0.1, -0.05) is 12.1 Å². The first-order valence-electron chi connectivity index (χ1n) is 11.4. The van der Waals surface area contributed by atoms with Crippen LogP contribution in [0.1, 0.15) is 24.0 Å². The summed E-state index contributed by atoms with van der Waals surface area (Å²) in [5, 5.41) is 3.15. The summed E-state index contributed by atoms with van der Waals surface area (Å²) in [7, 11) is -4.27. The Labute approximate surface area is 205 Å². The van der Waals surface area contributed by atoms with Crippen molar-refractivity contribution in [3.05, 3.63) is 65.5 Å². The number of fused-ring (bicyclic) bond motifs is 3. The highest BCUT2D eigenvalue weighted by Gasteiger charge is 2.36. The number of piperazine rings is 1. The summed E-state index contributed by atoms with van der Waals surface area (Å²) < 4.78 is 83.4. The molecular formula is C24H23F4N5O2S. The highest BCUT2D eigenvalue weighted by Crippen LogP contribution is 2.38. The van der Waals surface area contributed by atoms with Crippen molar-refractivity contribution in [3.63, 3.8) is 0 Å². The molecule has 3 aliphatic heterocycles. The van der Waals surface area contributed by atoms with Crippen LogP contribution in [0.15, 0.2) is 53.6 Å². The molecule has 6 rings (SSSR count). The minimum absolute atomic E-state index is 0.0859. The zero-order valence-electron chi connectivity index (χ0n) is 19.2. The van der Waals surface area contributed by atoms with Crippen molar-refractivity contribution in [2.45, 2.75) is 43.1 Å². The average molecular weight is 522 g/mol. The molecule has 2 aromatic heterocycles. The van der Waals surface area contributed by atoms with Crippen LogP contribution in [0.25, 0.3) is 11.3 Å². The third-order valence-corrected chi connectivity index (χ3v) is 7.78. The molecule has 2 atom stereocenters. The molecule has 0 spiro atoms. The van der Waals surface area contributed by atoms with Crippen LogP contribution < -0.4 is 14.9 Å². The zero-order chi connectivity index (χ0) is 25.7. The molecule has 12 heteroatoms. The van der Waals surface area contributed by atoms with Crippen molar-refractivity contribution in [3.8, 4) is 11.3 Å². The van der Waals surface area contributed by atoms with Crippen LogP contribution in [0.3, 0.4) is 0 Å². The van der Waals surface area contributed by atoms with E-state index in [1.165, 1.54) is 19.1 Å². The third kappa shape index (κ3) is 4.74. The topological polar surface area (TPSA) is 87.2 Å². The fourth-order valence-corrected chi connectivity index (χ4v) is 5.66. The number of piperidine rings is 2. The predicted octanol–water partition coefficient (Wildman–Crippen LogP) is 4.35. The molecule has 0 unspecified atom stereocenters. The van der Waals surface area contributed by atoms with Gasteiger partial charge in [-0.3, -0.25) is 4.72 Å². The molecule has 2 bridgehead atoms. The van der Waals surface area contributed by atoms with Gasteiger partial charge in [0.15, 0.2) is 5.03 Å². The Morgan fingerprint density at radius 1 is 1.08 bits per heavy atom. The van der Waals surface area contributed by atoms with E-state index in [-0.39, 0.29) is 22.4 Å². The smallest absolute Gasteiger partial charge is 0.351 e. The SMILES string of the molecule is Cc1ccc(F)cc1-c1nc(NS(=O)(=O)c2cccc(N3C[C@H]4CC[C@H]3CN4)n2)ccc1C(F)(F)F. The standard InChI is InChI=1S/C24H23F4N5O2S/c1-14-5-6-15(25)11-18(14)23-19(24(26,27)28)9-10-20(30-23)32-36(34,35)22-4-2-3-21(31-22)33-13-16-7-8-17(33)12-29-16/h2-6,9-11,16-17,29H,7-8,12-13H2,1H3,(H,30,32)/t16-,17+/m1/s1. The lowest BCUT2D eigenvalue weighted by Crippen LogP contribution is -2.61. The molecule has 2 N–H and O–H groups in total. The van der Waals surface area contributed by atoms with Gasteiger partial charge in [-0.2, -0.15) is 21.6 Å². The van der Waals surface area contributed by atoms with Gasteiger partial charge in [-0.05, 0) is 61.7 Å². The van der Waals surface area contributed by atoms with Gasteiger partial charge in [-0.15, -0.1) is 0 Å². The highest BCUT2D eigenvalue weighted by atomic mass is 32.2. The van der Waals surface area contributed by atoms with Crippen LogP contribution in [-0.2, 0) is 16.2 Å². The predicted molar refractivity (Wildman–Crippen MR) is 127 cm³/mol. The summed E-state index contributed by atoms with van der Waals surface area (Å²) >= 11 is 0. The maximum Gasteiger partial charge on any atom is 0.418 e. The molecule has 3 aliphatic rings. The second-order valence-corrected chi connectivity index (χ2v) is 10.6. The van der Waals surface area contributed by atoms with Gasteiger partial charge in [0.05, 0.1) is 11.3 Å². The van der Waals surface area contributed by atoms with Crippen LogP contribution in [0.5, 0.6) is 0 Å². The molecule has 3 aromatic rings. The molecule has 1 aromatic carbocycles. The molecule has 0 saturated carbocycles. The zero-order valence-corrected chi connectivity index (χ0v) is 20.0.